The minimum atomic E-state index is -0.472. The molecule has 0 atom stereocenters. The molecule has 0 amide bonds. The second-order valence-electron chi connectivity index (χ2n) is 18.8. The van der Waals surface area contributed by atoms with Crippen LogP contribution < -0.4 is 4.90 Å². The molecule has 0 fully saturated rings. The van der Waals surface area contributed by atoms with E-state index in [1.165, 1.54) is 99.0 Å². The van der Waals surface area contributed by atoms with Gasteiger partial charge >= 0.3 is 0 Å². The number of anilines is 3. The molecule has 0 spiro atoms. The highest BCUT2D eigenvalue weighted by molar-refractivity contribution is 6.11. The third-order valence-corrected chi connectivity index (χ3v) is 15.1. The lowest BCUT2D eigenvalue weighted by Crippen LogP contribution is -2.28. The Morgan fingerprint density at radius 1 is 0.296 bits per heavy atom. The summed E-state index contributed by atoms with van der Waals surface area (Å²) >= 11 is 0. The predicted octanol–water partition coefficient (Wildman–Crippen LogP) is 18.3. The number of benzene rings is 12. The lowest BCUT2D eigenvalue weighted by Gasteiger charge is -2.34. The van der Waals surface area contributed by atoms with E-state index >= 15 is 0 Å². The number of rotatable bonds is 8. The van der Waals surface area contributed by atoms with E-state index in [0.717, 1.165) is 22.7 Å². The van der Waals surface area contributed by atoms with Gasteiger partial charge in [0.25, 0.3) is 0 Å². The average molecular weight is 903 g/mol. The molecule has 1 aliphatic rings. The topological polar surface area (TPSA) is 8.17 Å². The van der Waals surface area contributed by atoms with E-state index < -0.39 is 5.41 Å². The van der Waals surface area contributed by atoms with Crippen molar-refractivity contribution in [2.45, 2.75) is 5.41 Å². The highest BCUT2D eigenvalue weighted by atomic mass is 15.1. The van der Waals surface area contributed by atoms with Gasteiger partial charge in [0, 0.05) is 32.9 Å². The molecule has 332 valence electrons. The Kier molecular flexibility index (Phi) is 9.47. The van der Waals surface area contributed by atoms with Gasteiger partial charge in [-0.25, -0.2) is 0 Å². The number of nitrogens with zero attached hydrogens (tertiary/aromatic N) is 2. The van der Waals surface area contributed by atoms with Crippen LogP contribution in [0.15, 0.2) is 279 Å². The van der Waals surface area contributed by atoms with Crippen LogP contribution in [0.25, 0.3) is 82.4 Å². The van der Waals surface area contributed by atoms with Gasteiger partial charge in [-0.05, 0) is 121 Å². The van der Waals surface area contributed by atoms with Gasteiger partial charge in [0.2, 0.25) is 0 Å². The van der Waals surface area contributed by atoms with Crippen LogP contribution >= 0.6 is 0 Å². The maximum atomic E-state index is 2.47. The SMILES string of the molecule is c1ccc(C2(c3ccccc3)c3ccccc3-c3ccc(-n4c5ccccc5c5cc(-c6ccc(-c7ccc(N(c8cccc9ccccc89)c8cccc9ccccc89)cc7)cc6)ccc54)cc32)cc1. The van der Waals surface area contributed by atoms with Crippen molar-refractivity contribution >= 4 is 60.4 Å². The van der Waals surface area contributed by atoms with Crippen LogP contribution in [0.5, 0.6) is 0 Å². The maximum absolute atomic E-state index is 2.47. The first kappa shape index (κ1) is 40.8. The maximum Gasteiger partial charge on any atom is 0.0714 e. The first-order valence-electron chi connectivity index (χ1n) is 24.6. The molecule has 2 heteroatoms. The number of hydrogen-bond acceptors (Lipinski definition) is 1. The van der Waals surface area contributed by atoms with Crippen molar-refractivity contribution in [3.63, 3.8) is 0 Å². The zero-order chi connectivity index (χ0) is 46.9. The molecule has 0 N–H and O–H groups in total. The van der Waals surface area contributed by atoms with Gasteiger partial charge in [0.05, 0.1) is 27.8 Å². The molecule has 0 saturated heterocycles. The largest absolute Gasteiger partial charge is 0.309 e. The van der Waals surface area contributed by atoms with E-state index in [-0.39, 0.29) is 0 Å². The van der Waals surface area contributed by atoms with E-state index in [9.17, 15) is 0 Å². The Hall–Kier alpha value is -9.24. The molecule has 1 aromatic heterocycles. The zero-order valence-electron chi connectivity index (χ0n) is 39.0. The molecule has 2 nitrogen and oxygen atoms in total. The number of para-hydroxylation sites is 1. The summed E-state index contributed by atoms with van der Waals surface area (Å²) in [6, 6.07) is 103. The Bertz CT molecular complexity index is 4020. The molecule has 1 aliphatic carbocycles. The fourth-order valence-electron chi connectivity index (χ4n) is 11.9. The zero-order valence-corrected chi connectivity index (χ0v) is 39.0. The Labute approximate surface area is 413 Å². The molecule has 14 rings (SSSR count). The molecule has 0 radical (unpaired) electrons. The number of aromatic nitrogens is 1. The number of hydrogen-bond donors (Lipinski definition) is 0. The molecule has 0 aliphatic heterocycles. The van der Waals surface area contributed by atoms with Crippen molar-refractivity contribution in [1.82, 2.24) is 4.57 Å². The van der Waals surface area contributed by atoms with Crippen molar-refractivity contribution in [2.24, 2.45) is 0 Å². The van der Waals surface area contributed by atoms with Gasteiger partial charge in [0.15, 0.2) is 0 Å². The highest BCUT2D eigenvalue weighted by Gasteiger charge is 2.46. The van der Waals surface area contributed by atoms with Gasteiger partial charge < -0.3 is 9.47 Å². The summed E-state index contributed by atoms with van der Waals surface area (Å²) in [5, 5.41) is 7.35. The fourth-order valence-corrected chi connectivity index (χ4v) is 11.9. The predicted molar refractivity (Wildman–Crippen MR) is 299 cm³/mol. The molecule has 12 aromatic carbocycles. The van der Waals surface area contributed by atoms with Crippen LogP contribution in [0.3, 0.4) is 0 Å². The van der Waals surface area contributed by atoms with E-state index in [1.807, 2.05) is 0 Å². The van der Waals surface area contributed by atoms with Crippen LogP contribution in [0.1, 0.15) is 22.3 Å². The smallest absolute Gasteiger partial charge is 0.0714 e. The van der Waals surface area contributed by atoms with Crippen molar-refractivity contribution in [3.8, 4) is 39.1 Å². The second kappa shape index (κ2) is 16.5. The van der Waals surface area contributed by atoms with Crippen LogP contribution in [0.4, 0.5) is 17.1 Å². The van der Waals surface area contributed by atoms with Crippen LogP contribution in [-0.4, -0.2) is 4.57 Å². The number of fused-ring (bicyclic) bond motifs is 8. The molecule has 1 heterocycles. The lowest BCUT2D eigenvalue weighted by atomic mass is 9.67. The molecular weight excluding hydrogens is 857 g/mol. The molecule has 71 heavy (non-hydrogen) atoms. The quantitative estimate of drug-likeness (QED) is 0.147. The van der Waals surface area contributed by atoms with Crippen LogP contribution in [-0.2, 0) is 5.41 Å². The van der Waals surface area contributed by atoms with E-state index in [0.29, 0.717) is 0 Å². The van der Waals surface area contributed by atoms with Gasteiger partial charge in [0.1, 0.15) is 0 Å². The van der Waals surface area contributed by atoms with Crippen molar-refractivity contribution in [2.75, 3.05) is 4.90 Å². The summed E-state index contributed by atoms with van der Waals surface area (Å²) in [6.45, 7) is 0. The fraction of sp³-hybridized carbons (Fsp3) is 0.0145. The lowest BCUT2D eigenvalue weighted by molar-refractivity contribution is 0.767. The van der Waals surface area contributed by atoms with Gasteiger partial charge in [-0.2, -0.15) is 0 Å². The van der Waals surface area contributed by atoms with E-state index in [4.69, 9.17) is 0 Å². The molecular formula is C69H46N2. The third kappa shape index (κ3) is 6.42. The normalized spacial score (nSPS) is 12.6. The van der Waals surface area contributed by atoms with E-state index in [1.54, 1.807) is 0 Å². The van der Waals surface area contributed by atoms with Gasteiger partial charge in [-0.3, -0.25) is 0 Å². The molecule has 0 saturated carbocycles. The Morgan fingerprint density at radius 2 is 0.775 bits per heavy atom. The Morgan fingerprint density at radius 3 is 1.42 bits per heavy atom. The summed E-state index contributed by atoms with van der Waals surface area (Å²) in [7, 11) is 0. The van der Waals surface area contributed by atoms with Crippen molar-refractivity contribution < 1.29 is 0 Å². The van der Waals surface area contributed by atoms with Crippen molar-refractivity contribution in [3.05, 3.63) is 301 Å². The summed E-state index contributed by atoms with van der Waals surface area (Å²) < 4.78 is 2.47. The summed E-state index contributed by atoms with van der Waals surface area (Å²) in [5.41, 5.74) is 19.0. The van der Waals surface area contributed by atoms with Gasteiger partial charge in [-0.1, -0.05) is 224 Å². The third-order valence-electron chi connectivity index (χ3n) is 15.1. The van der Waals surface area contributed by atoms with E-state index in [2.05, 4.69) is 289 Å². The summed E-state index contributed by atoms with van der Waals surface area (Å²) in [5.74, 6) is 0. The minimum Gasteiger partial charge on any atom is -0.309 e. The second-order valence-corrected chi connectivity index (χ2v) is 18.8. The monoisotopic (exact) mass is 902 g/mol. The minimum absolute atomic E-state index is 0.472. The van der Waals surface area contributed by atoms with Gasteiger partial charge in [-0.15, -0.1) is 0 Å². The standard InChI is InChI=1S/C69H46N2/c1-3-21-53(22-4-1)69(54-23-5-2-6-24-54)63-29-13-11-27-59(63)60-43-42-56(46-64(60)69)71-67-30-14-12-28-61(67)62-45-52(39-44-68(62)71)49-35-33-47(34-36-49)48-37-40-55(41-38-48)70(65-31-15-19-50-17-7-9-25-57(50)65)66-32-16-20-51-18-8-10-26-58(51)66/h1-46H. The first-order chi connectivity index (χ1) is 35.2. The van der Waals surface area contributed by atoms with Crippen LogP contribution in [0, 0.1) is 0 Å². The highest BCUT2D eigenvalue weighted by Crippen LogP contribution is 2.56. The summed E-state index contributed by atoms with van der Waals surface area (Å²) in [4.78, 5) is 2.41. The first-order valence-corrected chi connectivity index (χ1v) is 24.6. The van der Waals surface area contributed by atoms with Crippen molar-refractivity contribution in [1.29, 1.82) is 0 Å². The van der Waals surface area contributed by atoms with Crippen LogP contribution in [0.2, 0.25) is 0 Å². The molecule has 0 unspecified atom stereocenters. The average Bonchev–Trinajstić information content (AvgIpc) is 3.94. The Balaban J connectivity index is 0.833. The molecule has 13 aromatic rings. The summed E-state index contributed by atoms with van der Waals surface area (Å²) in [6.07, 6.45) is 0. The molecule has 0 bridgehead atoms.